The Balaban J connectivity index is 1.69. The average Bonchev–Trinajstić information content (AvgIpc) is 3.16. The zero-order chi connectivity index (χ0) is 18.6. The standard InChI is InChI=1S/C22H16N2O3/c25-21(23-26)13-7-15-6-12-20-19(14-15)22(24-27-20)18-10-8-17(9-11-18)16-4-2-1-3-5-16/h1-14,26H,(H,23,25)/b13-7+. The molecule has 0 bridgehead atoms. The van der Waals surface area contributed by atoms with E-state index in [9.17, 15) is 4.79 Å². The van der Waals surface area contributed by atoms with Gasteiger partial charge in [0.05, 0.1) is 5.39 Å². The summed E-state index contributed by atoms with van der Waals surface area (Å²) in [5, 5.41) is 13.6. The van der Waals surface area contributed by atoms with Crippen LogP contribution in [-0.4, -0.2) is 16.3 Å². The molecular weight excluding hydrogens is 340 g/mol. The Kier molecular flexibility index (Phi) is 4.51. The molecule has 0 fully saturated rings. The lowest BCUT2D eigenvalue weighted by Crippen LogP contribution is -2.14. The highest BCUT2D eigenvalue weighted by molar-refractivity contribution is 5.95. The van der Waals surface area contributed by atoms with E-state index in [0.717, 1.165) is 33.3 Å². The molecule has 4 rings (SSSR count). The van der Waals surface area contributed by atoms with Crippen LogP contribution in [0.15, 0.2) is 83.4 Å². The maximum atomic E-state index is 11.2. The van der Waals surface area contributed by atoms with Gasteiger partial charge in [0.1, 0.15) is 5.69 Å². The van der Waals surface area contributed by atoms with Gasteiger partial charge in [-0.1, -0.05) is 65.8 Å². The fourth-order valence-corrected chi connectivity index (χ4v) is 2.93. The molecule has 1 heterocycles. The van der Waals surface area contributed by atoms with Crippen molar-refractivity contribution in [1.82, 2.24) is 10.6 Å². The predicted octanol–water partition coefficient (Wildman–Crippen LogP) is 4.68. The van der Waals surface area contributed by atoms with Gasteiger partial charge < -0.3 is 4.52 Å². The van der Waals surface area contributed by atoms with E-state index in [-0.39, 0.29) is 0 Å². The van der Waals surface area contributed by atoms with Crippen LogP contribution in [0.2, 0.25) is 0 Å². The van der Waals surface area contributed by atoms with Gasteiger partial charge in [0.2, 0.25) is 0 Å². The molecule has 4 aromatic rings. The number of hydrogen-bond donors (Lipinski definition) is 2. The molecule has 5 nitrogen and oxygen atoms in total. The first kappa shape index (κ1) is 16.8. The molecule has 2 N–H and O–H groups in total. The van der Waals surface area contributed by atoms with Crippen molar-refractivity contribution in [1.29, 1.82) is 0 Å². The molecule has 0 aliphatic carbocycles. The summed E-state index contributed by atoms with van der Waals surface area (Å²) in [5.41, 5.74) is 7.01. The van der Waals surface area contributed by atoms with Gasteiger partial charge in [-0.3, -0.25) is 10.0 Å². The normalized spacial score (nSPS) is 11.1. The maximum absolute atomic E-state index is 11.2. The van der Waals surface area contributed by atoms with Crippen LogP contribution in [0.25, 0.3) is 39.4 Å². The van der Waals surface area contributed by atoms with Crippen molar-refractivity contribution < 1.29 is 14.5 Å². The number of hydrogen-bond acceptors (Lipinski definition) is 4. The van der Waals surface area contributed by atoms with Crippen LogP contribution in [0.3, 0.4) is 0 Å². The topological polar surface area (TPSA) is 75.4 Å². The maximum Gasteiger partial charge on any atom is 0.267 e. The summed E-state index contributed by atoms with van der Waals surface area (Å²) in [7, 11) is 0. The second-order valence-electron chi connectivity index (χ2n) is 6.04. The summed E-state index contributed by atoms with van der Waals surface area (Å²) in [6.45, 7) is 0. The van der Waals surface area contributed by atoms with Gasteiger partial charge in [-0.05, 0) is 34.9 Å². The Morgan fingerprint density at radius 1 is 0.926 bits per heavy atom. The van der Waals surface area contributed by atoms with Gasteiger partial charge in [0.15, 0.2) is 5.58 Å². The molecule has 0 aliphatic rings. The minimum atomic E-state index is -0.586. The lowest BCUT2D eigenvalue weighted by Gasteiger charge is -2.03. The summed E-state index contributed by atoms with van der Waals surface area (Å²) in [6, 6.07) is 23.8. The zero-order valence-corrected chi connectivity index (χ0v) is 14.3. The van der Waals surface area contributed by atoms with E-state index < -0.39 is 5.91 Å². The first-order valence-electron chi connectivity index (χ1n) is 8.42. The largest absolute Gasteiger partial charge is 0.356 e. The molecule has 5 heteroatoms. The van der Waals surface area contributed by atoms with Gasteiger partial charge in [-0.15, -0.1) is 0 Å². The third kappa shape index (κ3) is 3.49. The van der Waals surface area contributed by atoms with Gasteiger partial charge in [0, 0.05) is 11.6 Å². The highest BCUT2D eigenvalue weighted by Gasteiger charge is 2.11. The van der Waals surface area contributed by atoms with Gasteiger partial charge in [-0.2, -0.15) is 0 Å². The number of benzene rings is 3. The molecular formula is C22H16N2O3. The van der Waals surface area contributed by atoms with Crippen molar-refractivity contribution >= 4 is 23.0 Å². The van der Waals surface area contributed by atoms with E-state index in [1.165, 1.54) is 6.08 Å². The molecule has 0 aliphatic heterocycles. The summed E-state index contributed by atoms with van der Waals surface area (Å²) in [6.07, 6.45) is 2.86. The number of nitrogens with zero attached hydrogens (tertiary/aromatic N) is 1. The second kappa shape index (κ2) is 7.27. The van der Waals surface area contributed by atoms with Crippen LogP contribution in [0, 0.1) is 0 Å². The van der Waals surface area contributed by atoms with Gasteiger partial charge in [-0.25, -0.2) is 5.48 Å². The monoisotopic (exact) mass is 356 g/mol. The Morgan fingerprint density at radius 2 is 1.63 bits per heavy atom. The fourth-order valence-electron chi connectivity index (χ4n) is 2.93. The fraction of sp³-hybridized carbons (Fsp3) is 0. The minimum Gasteiger partial charge on any atom is -0.356 e. The number of aromatic nitrogens is 1. The van der Waals surface area contributed by atoms with E-state index in [1.54, 1.807) is 17.6 Å². The number of amides is 1. The highest BCUT2D eigenvalue weighted by Crippen LogP contribution is 2.30. The lowest BCUT2D eigenvalue weighted by atomic mass is 10.0. The van der Waals surface area contributed by atoms with Crippen molar-refractivity contribution in [2.24, 2.45) is 0 Å². The van der Waals surface area contributed by atoms with Crippen molar-refractivity contribution in [3.8, 4) is 22.4 Å². The predicted molar refractivity (Wildman–Crippen MR) is 104 cm³/mol. The molecule has 132 valence electrons. The molecule has 27 heavy (non-hydrogen) atoms. The summed E-state index contributed by atoms with van der Waals surface area (Å²) >= 11 is 0. The molecule has 0 atom stereocenters. The first-order valence-corrected chi connectivity index (χ1v) is 8.42. The van der Waals surface area contributed by atoms with Crippen molar-refractivity contribution in [2.75, 3.05) is 0 Å². The van der Waals surface area contributed by atoms with Crippen molar-refractivity contribution in [2.45, 2.75) is 0 Å². The van der Waals surface area contributed by atoms with Crippen molar-refractivity contribution in [3.05, 3.63) is 84.4 Å². The minimum absolute atomic E-state index is 0.586. The SMILES string of the molecule is O=C(/C=C/c1ccc2onc(-c3ccc(-c4ccccc4)cc3)c2c1)NO. The molecule has 0 radical (unpaired) electrons. The van der Waals surface area contributed by atoms with Crippen molar-refractivity contribution in [3.63, 3.8) is 0 Å². The van der Waals surface area contributed by atoms with E-state index >= 15 is 0 Å². The Morgan fingerprint density at radius 3 is 2.37 bits per heavy atom. The van der Waals surface area contributed by atoms with Crippen LogP contribution in [0.5, 0.6) is 0 Å². The lowest BCUT2D eigenvalue weighted by molar-refractivity contribution is -0.124. The Labute approximate surface area is 155 Å². The number of carbonyl (C=O) groups excluding carboxylic acids is 1. The van der Waals surface area contributed by atoms with Crippen LogP contribution in [0.1, 0.15) is 5.56 Å². The molecule has 0 saturated carbocycles. The molecule has 0 spiro atoms. The quantitative estimate of drug-likeness (QED) is 0.316. The summed E-state index contributed by atoms with van der Waals surface area (Å²) in [5.74, 6) is -0.586. The summed E-state index contributed by atoms with van der Waals surface area (Å²) in [4.78, 5) is 11.2. The molecule has 1 amide bonds. The smallest absolute Gasteiger partial charge is 0.267 e. The third-order valence-electron chi connectivity index (χ3n) is 4.30. The second-order valence-corrected chi connectivity index (χ2v) is 6.04. The van der Waals surface area contributed by atoms with Gasteiger partial charge >= 0.3 is 0 Å². The zero-order valence-electron chi connectivity index (χ0n) is 14.3. The van der Waals surface area contributed by atoms with Crippen LogP contribution in [-0.2, 0) is 4.79 Å². The number of hydroxylamine groups is 1. The van der Waals surface area contributed by atoms with E-state index in [1.807, 2.05) is 42.5 Å². The average molecular weight is 356 g/mol. The number of carbonyl (C=O) groups is 1. The molecule has 0 unspecified atom stereocenters. The number of nitrogens with one attached hydrogen (secondary N) is 1. The van der Waals surface area contributed by atoms with Crippen LogP contribution < -0.4 is 5.48 Å². The highest BCUT2D eigenvalue weighted by atomic mass is 16.5. The molecule has 3 aromatic carbocycles. The first-order chi connectivity index (χ1) is 13.2. The molecule has 0 saturated heterocycles. The van der Waals surface area contributed by atoms with E-state index in [4.69, 9.17) is 9.73 Å². The van der Waals surface area contributed by atoms with Crippen LogP contribution >= 0.6 is 0 Å². The number of fused-ring (bicyclic) bond motifs is 1. The third-order valence-corrected chi connectivity index (χ3v) is 4.30. The Bertz CT molecular complexity index is 1110. The Hall–Kier alpha value is -3.70. The van der Waals surface area contributed by atoms with Crippen LogP contribution in [0.4, 0.5) is 0 Å². The number of rotatable bonds is 4. The van der Waals surface area contributed by atoms with E-state index in [0.29, 0.717) is 5.58 Å². The summed E-state index contributed by atoms with van der Waals surface area (Å²) < 4.78 is 5.43. The van der Waals surface area contributed by atoms with E-state index in [2.05, 4.69) is 29.4 Å². The molecule has 1 aromatic heterocycles. The van der Waals surface area contributed by atoms with Gasteiger partial charge in [0.25, 0.3) is 5.91 Å².